The second-order valence-corrected chi connectivity index (χ2v) is 6.03. The molecular weight excluding hydrogens is 323 g/mol. The molecule has 0 bridgehead atoms. The van der Waals surface area contributed by atoms with Gasteiger partial charge in [-0.1, -0.05) is 18.2 Å². The van der Waals surface area contributed by atoms with Gasteiger partial charge in [-0.3, -0.25) is 4.68 Å². The topological polar surface area (TPSA) is 43.6 Å². The van der Waals surface area contributed by atoms with Gasteiger partial charge in [0.25, 0.3) is 0 Å². The number of hydrogen-bond acceptors (Lipinski definition) is 4. The van der Waals surface area contributed by atoms with Crippen LogP contribution in [0.2, 0.25) is 0 Å². The lowest BCUT2D eigenvalue weighted by Crippen LogP contribution is -2.05. The maximum Gasteiger partial charge on any atom is 0.180 e. The molecule has 0 N–H and O–H groups in total. The molecule has 0 amide bonds. The van der Waals surface area contributed by atoms with Crippen LogP contribution in [0.4, 0.5) is 4.39 Å². The molecule has 4 nitrogen and oxygen atoms in total. The molecule has 0 atom stereocenters. The standard InChI is InChI=1S/C18H13FN4S/c19-15-5-2-1-4-13(15)11-23-17(14-6-9-24-12-14)10-16(22-23)18-20-7-3-8-21-18/h1-10,12H,11H2. The van der Waals surface area contributed by atoms with Gasteiger partial charge in [0.15, 0.2) is 5.82 Å². The quantitative estimate of drug-likeness (QED) is 0.559. The molecule has 3 aromatic heterocycles. The van der Waals surface area contributed by atoms with Gasteiger partial charge in [0.05, 0.1) is 12.2 Å². The lowest BCUT2D eigenvalue weighted by Gasteiger charge is -2.07. The minimum absolute atomic E-state index is 0.234. The Hall–Kier alpha value is -2.86. The summed E-state index contributed by atoms with van der Waals surface area (Å²) in [7, 11) is 0. The molecule has 4 aromatic rings. The predicted molar refractivity (Wildman–Crippen MR) is 92.1 cm³/mol. The second-order valence-electron chi connectivity index (χ2n) is 5.25. The molecule has 6 heteroatoms. The molecule has 4 rings (SSSR count). The van der Waals surface area contributed by atoms with Gasteiger partial charge < -0.3 is 0 Å². The highest BCUT2D eigenvalue weighted by Gasteiger charge is 2.14. The molecule has 0 saturated heterocycles. The highest BCUT2D eigenvalue weighted by Crippen LogP contribution is 2.27. The summed E-state index contributed by atoms with van der Waals surface area (Å²) >= 11 is 1.61. The monoisotopic (exact) mass is 336 g/mol. The van der Waals surface area contributed by atoms with Crippen LogP contribution in [0.25, 0.3) is 22.8 Å². The molecule has 0 spiro atoms. The van der Waals surface area contributed by atoms with E-state index in [4.69, 9.17) is 0 Å². The van der Waals surface area contributed by atoms with Crippen LogP contribution in [0.15, 0.2) is 65.6 Å². The van der Waals surface area contributed by atoms with E-state index in [2.05, 4.69) is 15.1 Å². The summed E-state index contributed by atoms with van der Waals surface area (Å²) in [6, 6.07) is 12.5. The van der Waals surface area contributed by atoms with Crippen molar-refractivity contribution in [2.45, 2.75) is 6.54 Å². The van der Waals surface area contributed by atoms with Gasteiger partial charge in [0, 0.05) is 28.9 Å². The highest BCUT2D eigenvalue weighted by atomic mass is 32.1. The van der Waals surface area contributed by atoms with E-state index < -0.39 is 0 Å². The Labute approximate surface area is 142 Å². The van der Waals surface area contributed by atoms with Crippen LogP contribution in [0, 0.1) is 5.82 Å². The van der Waals surface area contributed by atoms with Gasteiger partial charge in [-0.2, -0.15) is 16.4 Å². The number of benzene rings is 1. The fourth-order valence-corrected chi connectivity index (χ4v) is 3.16. The van der Waals surface area contributed by atoms with Gasteiger partial charge >= 0.3 is 0 Å². The maximum absolute atomic E-state index is 14.0. The van der Waals surface area contributed by atoms with Crippen molar-refractivity contribution in [3.63, 3.8) is 0 Å². The first-order valence-corrected chi connectivity index (χ1v) is 8.37. The summed E-state index contributed by atoms with van der Waals surface area (Å²) in [6.45, 7) is 0.352. The summed E-state index contributed by atoms with van der Waals surface area (Å²) in [4.78, 5) is 8.50. The zero-order chi connectivity index (χ0) is 16.4. The van der Waals surface area contributed by atoms with Crippen molar-refractivity contribution < 1.29 is 4.39 Å². The molecule has 24 heavy (non-hydrogen) atoms. The van der Waals surface area contributed by atoms with E-state index in [0.29, 0.717) is 23.6 Å². The van der Waals surface area contributed by atoms with Crippen LogP contribution in [0.5, 0.6) is 0 Å². The number of nitrogens with zero attached hydrogens (tertiary/aromatic N) is 4. The van der Waals surface area contributed by atoms with E-state index >= 15 is 0 Å². The van der Waals surface area contributed by atoms with Crippen molar-refractivity contribution >= 4 is 11.3 Å². The number of hydrogen-bond donors (Lipinski definition) is 0. The van der Waals surface area contributed by atoms with Crippen molar-refractivity contribution in [3.8, 4) is 22.8 Å². The van der Waals surface area contributed by atoms with Crippen LogP contribution in [0.1, 0.15) is 5.56 Å². The molecule has 1 aromatic carbocycles. The Bertz CT molecular complexity index is 948. The minimum Gasteiger partial charge on any atom is -0.260 e. The van der Waals surface area contributed by atoms with E-state index in [1.807, 2.05) is 29.0 Å². The molecule has 0 aliphatic heterocycles. The summed E-state index contributed by atoms with van der Waals surface area (Å²) in [5.74, 6) is 0.322. The highest BCUT2D eigenvalue weighted by molar-refractivity contribution is 7.08. The Balaban J connectivity index is 1.80. The van der Waals surface area contributed by atoms with E-state index in [-0.39, 0.29) is 5.82 Å². The summed E-state index contributed by atoms with van der Waals surface area (Å²) in [6.07, 6.45) is 3.37. The third-order valence-corrected chi connectivity index (χ3v) is 4.35. The molecule has 0 aliphatic carbocycles. The van der Waals surface area contributed by atoms with Crippen LogP contribution < -0.4 is 0 Å². The number of rotatable bonds is 4. The maximum atomic E-state index is 14.0. The lowest BCUT2D eigenvalue weighted by atomic mass is 10.2. The third-order valence-electron chi connectivity index (χ3n) is 3.67. The van der Waals surface area contributed by atoms with Gasteiger partial charge in [0.2, 0.25) is 0 Å². The molecule has 0 fully saturated rings. The minimum atomic E-state index is -0.234. The molecule has 0 aliphatic rings. The van der Waals surface area contributed by atoms with E-state index in [9.17, 15) is 4.39 Å². The SMILES string of the molecule is Fc1ccccc1Cn1nc(-c2ncccn2)cc1-c1ccsc1. The third kappa shape index (κ3) is 2.83. The number of aromatic nitrogens is 4. The molecule has 0 saturated carbocycles. The van der Waals surface area contributed by atoms with E-state index in [0.717, 1.165) is 11.3 Å². The molecule has 0 unspecified atom stereocenters. The van der Waals surface area contributed by atoms with E-state index in [1.54, 1.807) is 46.6 Å². The first kappa shape index (κ1) is 14.7. The van der Waals surface area contributed by atoms with Crippen molar-refractivity contribution in [2.75, 3.05) is 0 Å². The van der Waals surface area contributed by atoms with Crippen LogP contribution in [-0.2, 0) is 6.54 Å². The smallest absolute Gasteiger partial charge is 0.180 e. The summed E-state index contributed by atoms with van der Waals surface area (Å²) in [5.41, 5.74) is 3.23. The first-order valence-electron chi connectivity index (χ1n) is 7.42. The second kappa shape index (κ2) is 6.33. The summed E-state index contributed by atoms with van der Waals surface area (Å²) in [5, 5.41) is 8.66. The van der Waals surface area contributed by atoms with Crippen LogP contribution in [-0.4, -0.2) is 19.7 Å². The Morgan fingerprint density at radius 3 is 2.62 bits per heavy atom. The Morgan fingerprint density at radius 1 is 1.04 bits per heavy atom. The van der Waals surface area contributed by atoms with Crippen LogP contribution in [0.3, 0.4) is 0 Å². The molecular formula is C18H13FN4S. The average molecular weight is 336 g/mol. The molecule has 0 radical (unpaired) electrons. The van der Waals surface area contributed by atoms with Gasteiger partial charge in [-0.15, -0.1) is 0 Å². The van der Waals surface area contributed by atoms with E-state index in [1.165, 1.54) is 6.07 Å². The fourth-order valence-electron chi connectivity index (χ4n) is 2.51. The zero-order valence-electron chi connectivity index (χ0n) is 12.6. The van der Waals surface area contributed by atoms with Crippen LogP contribution >= 0.6 is 11.3 Å². The largest absolute Gasteiger partial charge is 0.260 e. The fraction of sp³-hybridized carbons (Fsp3) is 0.0556. The first-order chi connectivity index (χ1) is 11.8. The summed E-state index contributed by atoms with van der Waals surface area (Å²) < 4.78 is 15.8. The number of halogens is 1. The lowest BCUT2D eigenvalue weighted by molar-refractivity contribution is 0.587. The van der Waals surface area contributed by atoms with Crippen molar-refractivity contribution in [1.29, 1.82) is 0 Å². The zero-order valence-corrected chi connectivity index (χ0v) is 13.4. The molecule has 118 valence electrons. The predicted octanol–water partition coefficient (Wildman–Crippen LogP) is 4.26. The average Bonchev–Trinajstić information content (AvgIpc) is 3.27. The Morgan fingerprint density at radius 2 is 1.88 bits per heavy atom. The van der Waals surface area contributed by atoms with Gasteiger partial charge in [-0.25, -0.2) is 14.4 Å². The normalized spacial score (nSPS) is 10.9. The van der Waals surface area contributed by atoms with Crippen molar-refractivity contribution in [1.82, 2.24) is 19.7 Å². The van der Waals surface area contributed by atoms with Crippen molar-refractivity contribution in [3.05, 3.63) is 77.0 Å². The number of thiophene rings is 1. The molecule has 3 heterocycles. The van der Waals surface area contributed by atoms with Gasteiger partial charge in [-0.05, 0) is 29.6 Å². The Kier molecular flexibility index (Phi) is 3.88. The van der Waals surface area contributed by atoms with Crippen molar-refractivity contribution in [2.24, 2.45) is 0 Å². The van der Waals surface area contributed by atoms with Gasteiger partial charge in [0.1, 0.15) is 11.5 Å².